The fraction of sp³-hybridized carbons (Fsp3) is 0.172. The van der Waals surface area contributed by atoms with Crippen LogP contribution in [0.25, 0.3) is 5.70 Å². The maximum absolute atomic E-state index is 13.4. The molecule has 0 radical (unpaired) electrons. The van der Waals surface area contributed by atoms with E-state index in [4.69, 9.17) is 14.2 Å². The van der Waals surface area contributed by atoms with Crippen LogP contribution in [0.3, 0.4) is 0 Å². The number of nitrogens with zero attached hydrogens (tertiary/aromatic N) is 2. The molecule has 0 bridgehead atoms. The van der Waals surface area contributed by atoms with Crippen LogP contribution in [0.4, 0.5) is 15.9 Å². The van der Waals surface area contributed by atoms with Crippen molar-refractivity contribution in [1.82, 2.24) is 9.78 Å². The predicted molar refractivity (Wildman–Crippen MR) is 144 cm³/mol. The number of anilines is 2. The first-order valence-corrected chi connectivity index (χ1v) is 11.9. The fourth-order valence-corrected chi connectivity index (χ4v) is 4.47. The van der Waals surface area contributed by atoms with Crippen LogP contribution in [-0.2, 0) is 0 Å². The van der Waals surface area contributed by atoms with Crippen LogP contribution in [-0.4, -0.2) is 37.0 Å². The van der Waals surface area contributed by atoms with E-state index in [0.717, 1.165) is 22.4 Å². The van der Waals surface area contributed by atoms with Crippen LogP contribution in [0.15, 0.2) is 72.9 Å². The minimum atomic E-state index is -0.440. The Kier molecular flexibility index (Phi) is 6.74. The summed E-state index contributed by atoms with van der Waals surface area (Å²) < 4.78 is 31.9. The lowest BCUT2D eigenvalue weighted by Gasteiger charge is -2.28. The Hall–Kier alpha value is -4.79. The van der Waals surface area contributed by atoms with E-state index < -0.39 is 6.04 Å². The summed E-state index contributed by atoms with van der Waals surface area (Å²) in [5.74, 6) is 1.23. The molecule has 1 aromatic heterocycles. The molecule has 0 spiro atoms. The van der Waals surface area contributed by atoms with Gasteiger partial charge in [0.15, 0.2) is 11.5 Å². The van der Waals surface area contributed by atoms with E-state index in [1.165, 1.54) is 30.5 Å². The number of carbonyl (C=O) groups excluding carboxylic acids is 1. The van der Waals surface area contributed by atoms with Crippen LogP contribution in [0.1, 0.15) is 33.1 Å². The van der Waals surface area contributed by atoms with Crippen molar-refractivity contribution in [2.75, 3.05) is 32.0 Å². The lowest BCUT2D eigenvalue weighted by Crippen LogP contribution is -2.22. The number of hydrogen-bond acceptors (Lipinski definition) is 6. The van der Waals surface area contributed by atoms with Crippen molar-refractivity contribution in [1.29, 1.82) is 0 Å². The highest BCUT2D eigenvalue weighted by molar-refractivity contribution is 6.08. The molecular weight excluding hydrogens is 487 g/mol. The van der Waals surface area contributed by atoms with Crippen LogP contribution >= 0.6 is 0 Å². The Bertz CT molecular complexity index is 1510. The number of aryl methyl sites for hydroxylation is 1. The van der Waals surface area contributed by atoms with Crippen LogP contribution < -0.4 is 24.8 Å². The van der Waals surface area contributed by atoms with Gasteiger partial charge in [-0.1, -0.05) is 29.8 Å². The molecule has 4 aromatic rings. The molecule has 1 atom stereocenters. The zero-order chi connectivity index (χ0) is 26.8. The zero-order valence-corrected chi connectivity index (χ0v) is 21.4. The van der Waals surface area contributed by atoms with Crippen molar-refractivity contribution in [2.24, 2.45) is 0 Å². The van der Waals surface area contributed by atoms with Gasteiger partial charge in [0.1, 0.15) is 23.2 Å². The first-order valence-electron chi connectivity index (χ1n) is 11.9. The molecule has 1 amide bonds. The summed E-state index contributed by atoms with van der Waals surface area (Å²) in [7, 11) is 4.68. The Morgan fingerprint density at radius 1 is 0.947 bits per heavy atom. The minimum absolute atomic E-state index is 0.330. The molecule has 5 rings (SSSR count). The molecule has 38 heavy (non-hydrogen) atoms. The molecule has 0 saturated carbocycles. The Morgan fingerprint density at radius 2 is 1.66 bits per heavy atom. The largest absolute Gasteiger partial charge is 0.493 e. The van der Waals surface area contributed by atoms with Gasteiger partial charge in [-0.3, -0.25) is 4.79 Å². The first-order chi connectivity index (χ1) is 18.4. The van der Waals surface area contributed by atoms with Gasteiger partial charge < -0.3 is 24.8 Å². The van der Waals surface area contributed by atoms with Crippen molar-refractivity contribution in [2.45, 2.75) is 13.0 Å². The van der Waals surface area contributed by atoms with Gasteiger partial charge >= 0.3 is 0 Å². The number of fused-ring (bicyclic) bond motifs is 1. The lowest BCUT2D eigenvalue weighted by atomic mass is 9.99. The van der Waals surface area contributed by atoms with Crippen molar-refractivity contribution < 1.29 is 23.4 Å². The summed E-state index contributed by atoms with van der Waals surface area (Å²) in [6.45, 7) is 2.02. The number of aromatic nitrogens is 2. The number of hydrogen-bond donors (Lipinski definition) is 2. The van der Waals surface area contributed by atoms with E-state index in [2.05, 4.69) is 15.7 Å². The van der Waals surface area contributed by atoms with Gasteiger partial charge in [0.2, 0.25) is 5.75 Å². The molecule has 0 unspecified atom stereocenters. The van der Waals surface area contributed by atoms with E-state index in [9.17, 15) is 9.18 Å². The monoisotopic (exact) mass is 514 g/mol. The molecule has 8 nitrogen and oxygen atoms in total. The van der Waals surface area contributed by atoms with Crippen molar-refractivity contribution >= 4 is 23.1 Å². The van der Waals surface area contributed by atoms with E-state index in [-0.39, 0.29) is 11.7 Å². The molecule has 0 aliphatic carbocycles. The molecular formula is C29H27FN4O4. The van der Waals surface area contributed by atoms with Gasteiger partial charge in [-0.05, 0) is 55.0 Å². The van der Waals surface area contributed by atoms with E-state index in [1.807, 2.05) is 49.4 Å². The molecule has 1 aliphatic heterocycles. The third-order valence-electron chi connectivity index (χ3n) is 6.40. The number of amides is 1. The summed E-state index contributed by atoms with van der Waals surface area (Å²) in [5, 5.41) is 10.8. The average Bonchev–Trinajstić information content (AvgIpc) is 3.37. The summed E-state index contributed by atoms with van der Waals surface area (Å²) in [4.78, 5) is 13.3. The van der Waals surface area contributed by atoms with Gasteiger partial charge in [0.25, 0.3) is 5.91 Å². The maximum atomic E-state index is 13.4. The number of carbonyl (C=O) groups is 1. The highest BCUT2D eigenvalue weighted by Gasteiger charge is 2.31. The lowest BCUT2D eigenvalue weighted by molar-refractivity contribution is 0.102. The highest BCUT2D eigenvalue weighted by atomic mass is 19.1. The van der Waals surface area contributed by atoms with Crippen LogP contribution in [0, 0.1) is 12.7 Å². The normalized spacial score (nSPS) is 14.1. The molecule has 0 saturated heterocycles. The van der Waals surface area contributed by atoms with Gasteiger partial charge in [-0.25, -0.2) is 9.07 Å². The second kappa shape index (κ2) is 10.3. The van der Waals surface area contributed by atoms with Crippen LogP contribution in [0.5, 0.6) is 17.2 Å². The summed E-state index contributed by atoms with van der Waals surface area (Å²) >= 11 is 0. The van der Waals surface area contributed by atoms with Gasteiger partial charge in [-0.2, -0.15) is 5.10 Å². The smallest absolute Gasteiger partial charge is 0.261 e. The Morgan fingerprint density at radius 3 is 2.32 bits per heavy atom. The second-order valence-corrected chi connectivity index (χ2v) is 8.75. The number of allylic oxidation sites excluding steroid dienone is 1. The number of methoxy groups -OCH3 is 3. The average molecular weight is 515 g/mol. The number of nitrogens with one attached hydrogen (secondary N) is 2. The molecule has 194 valence electrons. The standard InChI is InChI=1S/C29H27FN4O4/c1-17-5-7-18(8-6-17)23-15-24(21-13-14-25(36-2)27(38-4)26(21)37-3)34-28(33-23)22(16-31-34)29(35)32-20-11-9-19(30)10-12-20/h5-16,24,33H,1-4H3,(H,32,35)/t24-/m0/s1. The van der Waals surface area contributed by atoms with Crippen molar-refractivity contribution in [3.05, 3.63) is 101 Å². The first kappa shape index (κ1) is 24.9. The third-order valence-corrected chi connectivity index (χ3v) is 6.40. The quantitative estimate of drug-likeness (QED) is 0.331. The second-order valence-electron chi connectivity index (χ2n) is 8.75. The number of rotatable bonds is 7. The van der Waals surface area contributed by atoms with Gasteiger partial charge in [-0.15, -0.1) is 0 Å². The summed E-state index contributed by atoms with van der Waals surface area (Å²) in [5.41, 5.74) is 4.45. The predicted octanol–water partition coefficient (Wildman–Crippen LogP) is 5.66. The Labute approximate surface area is 219 Å². The molecule has 0 fully saturated rings. The Balaban J connectivity index is 1.62. The fourth-order valence-electron chi connectivity index (χ4n) is 4.47. The van der Waals surface area contributed by atoms with Gasteiger partial charge in [0.05, 0.1) is 27.5 Å². The number of ether oxygens (including phenoxy) is 3. The molecule has 3 aromatic carbocycles. The van der Waals surface area contributed by atoms with Gasteiger partial charge in [0, 0.05) is 16.9 Å². The van der Waals surface area contributed by atoms with Crippen molar-refractivity contribution in [3.8, 4) is 17.2 Å². The number of benzene rings is 3. The summed E-state index contributed by atoms with van der Waals surface area (Å²) in [6, 6.07) is 16.9. The van der Waals surface area contributed by atoms with E-state index in [1.54, 1.807) is 26.0 Å². The van der Waals surface area contributed by atoms with E-state index in [0.29, 0.717) is 34.3 Å². The third kappa shape index (κ3) is 4.54. The number of halogens is 1. The zero-order valence-electron chi connectivity index (χ0n) is 21.4. The molecule has 9 heteroatoms. The van der Waals surface area contributed by atoms with E-state index >= 15 is 0 Å². The maximum Gasteiger partial charge on any atom is 0.261 e. The molecule has 1 aliphatic rings. The molecule has 2 N–H and O–H groups in total. The molecule has 2 heterocycles. The summed E-state index contributed by atoms with van der Waals surface area (Å²) in [6.07, 6.45) is 3.53. The van der Waals surface area contributed by atoms with Crippen molar-refractivity contribution in [3.63, 3.8) is 0 Å². The minimum Gasteiger partial charge on any atom is -0.493 e. The SMILES string of the molecule is COc1ccc([C@@H]2C=C(c3ccc(C)cc3)Nc3c(C(=O)Nc4ccc(F)cc4)cnn32)c(OC)c1OC. The highest BCUT2D eigenvalue weighted by Crippen LogP contribution is 2.45. The van der Waals surface area contributed by atoms with Crippen LogP contribution in [0.2, 0.25) is 0 Å². The topological polar surface area (TPSA) is 86.6 Å².